The Balaban J connectivity index is 2.05. The van der Waals surface area contributed by atoms with E-state index in [2.05, 4.69) is 26.1 Å². The summed E-state index contributed by atoms with van der Waals surface area (Å²) in [6.45, 7) is 7.61. The number of carbonyl (C=O) groups excluding carboxylic acids is 1. The van der Waals surface area contributed by atoms with Crippen molar-refractivity contribution in [3.8, 4) is 11.5 Å². The Morgan fingerprint density at radius 1 is 1.04 bits per heavy atom. The Morgan fingerprint density at radius 3 is 2.60 bits per heavy atom. The molecule has 0 radical (unpaired) electrons. The highest BCUT2D eigenvalue weighted by Crippen LogP contribution is 2.22. The van der Waals surface area contributed by atoms with E-state index in [1.54, 1.807) is 6.07 Å². The van der Waals surface area contributed by atoms with Gasteiger partial charge in [0, 0.05) is 11.8 Å². The number of benzene rings is 2. The van der Waals surface area contributed by atoms with E-state index in [1.807, 2.05) is 42.5 Å². The molecule has 134 valence electrons. The molecule has 0 heterocycles. The van der Waals surface area contributed by atoms with E-state index in [-0.39, 0.29) is 5.91 Å². The molecule has 2 aromatic rings. The number of ether oxygens (including phenoxy) is 2. The summed E-state index contributed by atoms with van der Waals surface area (Å²) in [5.74, 6) is 1.74. The van der Waals surface area contributed by atoms with Crippen molar-refractivity contribution in [3.05, 3.63) is 54.1 Å². The van der Waals surface area contributed by atoms with E-state index < -0.39 is 0 Å². The predicted molar refractivity (Wildman–Crippen MR) is 102 cm³/mol. The minimum absolute atomic E-state index is 0.187. The quantitative estimate of drug-likeness (QED) is 0.686. The maximum absolute atomic E-state index is 12.6. The highest BCUT2D eigenvalue weighted by atomic mass is 16.5. The van der Waals surface area contributed by atoms with Crippen LogP contribution in [-0.2, 0) is 0 Å². The highest BCUT2D eigenvalue weighted by molar-refractivity contribution is 6.06. The van der Waals surface area contributed by atoms with Gasteiger partial charge in [-0.05, 0) is 43.0 Å². The third-order valence-electron chi connectivity index (χ3n) is 3.65. The normalized spacial score (nSPS) is 10.6. The molecule has 0 unspecified atom stereocenters. The lowest BCUT2D eigenvalue weighted by atomic mass is 10.1. The summed E-state index contributed by atoms with van der Waals surface area (Å²) in [5, 5.41) is 2.92. The van der Waals surface area contributed by atoms with Gasteiger partial charge in [-0.3, -0.25) is 4.79 Å². The maximum Gasteiger partial charge on any atom is 0.259 e. The second-order valence-corrected chi connectivity index (χ2v) is 6.36. The van der Waals surface area contributed by atoms with Crippen LogP contribution in [0.4, 0.5) is 5.69 Å². The number of para-hydroxylation sites is 1. The van der Waals surface area contributed by atoms with Crippen LogP contribution < -0.4 is 14.8 Å². The number of hydrogen-bond acceptors (Lipinski definition) is 3. The third kappa shape index (κ3) is 6.14. The number of hydrogen-bond donors (Lipinski definition) is 1. The topological polar surface area (TPSA) is 47.6 Å². The van der Waals surface area contributed by atoms with Gasteiger partial charge in [-0.1, -0.05) is 39.0 Å². The van der Waals surface area contributed by atoms with Gasteiger partial charge in [-0.25, -0.2) is 0 Å². The molecule has 4 nitrogen and oxygen atoms in total. The summed E-state index contributed by atoms with van der Waals surface area (Å²) in [6.07, 6.45) is 1.89. The SMILES string of the molecule is CCCOc1cccc(NC(=O)c2ccccc2OCCC(C)C)c1. The maximum atomic E-state index is 12.6. The molecule has 1 amide bonds. The van der Waals surface area contributed by atoms with Crippen LogP contribution in [0.15, 0.2) is 48.5 Å². The van der Waals surface area contributed by atoms with Gasteiger partial charge in [0.25, 0.3) is 5.91 Å². The summed E-state index contributed by atoms with van der Waals surface area (Å²) >= 11 is 0. The van der Waals surface area contributed by atoms with E-state index in [0.717, 1.165) is 18.6 Å². The third-order valence-corrected chi connectivity index (χ3v) is 3.65. The molecule has 0 aliphatic rings. The van der Waals surface area contributed by atoms with Crippen molar-refractivity contribution in [3.63, 3.8) is 0 Å². The van der Waals surface area contributed by atoms with Gasteiger partial charge in [0.1, 0.15) is 11.5 Å². The Labute approximate surface area is 150 Å². The van der Waals surface area contributed by atoms with Crippen LogP contribution in [0.3, 0.4) is 0 Å². The molecule has 0 aliphatic heterocycles. The monoisotopic (exact) mass is 341 g/mol. The molecule has 25 heavy (non-hydrogen) atoms. The van der Waals surface area contributed by atoms with Gasteiger partial charge in [-0.2, -0.15) is 0 Å². The minimum Gasteiger partial charge on any atom is -0.494 e. The lowest BCUT2D eigenvalue weighted by molar-refractivity contribution is 0.102. The first-order chi connectivity index (χ1) is 12.1. The Morgan fingerprint density at radius 2 is 1.84 bits per heavy atom. The zero-order valence-corrected chi connectivity index (χ0v) is 15.2. The summed E-state index contributed by atoms with van der Waals surface area (Å²) < 4.78 is 11.4. The zero-order valence-electron chi connectivity index (χ0n) is 15.2. The fourth-order valence-electron chi connectivity index (χ4n) is 2.27. The second kappa shape index (κ2) is 9.72. The van der Waals surface area contributed by atoms with Crippen molar-refractivity contribution >= 4 is 11.6 Å². The van der Waals surface area contributed by atoms with Crippen LogP contribution in [-0.4, -0.2) is 19.1 Å². The second-order valence-electron chi connectivity index (χ2n) is 6.36. The average molecular weight is 341 g/mol. The molecule has 0 atom stereocenters. The molecule has 0 saturated heterocycles. The molecule has 2 rings (SSSR count). The van der Waals surface area contributed by atoms with Crippen LogP contribution in [0.2, 0.25) is 0 Å². The number of rotatable bonds is 9. The van der Waals surface area contributed by atoms with E-state index in [0.29, 0.717) is 36.1 Å². The number of nitrogens with one attached hydrogen (secondary N) is 1. The lowest BCUT2D eigenvalue weighted by Crippen LogP contribution is -2.14. The molecule has 0 aliphatic carbocycles. The Bertz CT molecular complexity index is 682. The van der Waals surface area contributed by atoms with Crippen molar-refractivity contribution in [2.24, 2.45) is 5.92 Å². The van der Waals surface area contributed by atoms with Crippen molar-refractivity contribution in [2.45, 2.75) is 33.6 Å². The van der Waals surface area contributed by atoms with Gasteiger partial charge in [0.05, 0.1) is 18.8 Å². The first-order valence-corrected chi connectivity index (χ1v) is 8.86. The molecule has 0 bridgehead atoms. The number of carbonyl (C=O) groups is 1. The van der Waals surface area contributed by atoms with Crippen LogP contribution >= 0.6 is 0 Å². The summed E-state index contributed by atoms with van der Waals surface area (Å²) in [6, 6.07) is 14.7. The predicted octanol–water partition coefficient (Wildman–Crippen LogP) is 5.15. The minimum atomic E-state index is -0.187. The largest absolute Gasteiger partial charge is 0.494 e. The average Bonchev–Trinajstić information content (AvgIpc) is 2.60. The van der Waals surface area contributed by atoms with Gasteiger partial charge < -0.3 is 14.8 Å². The zero-order chi connectivity index (χ0) is 18.1. The standard InChI is InChI=1S/C21H27NO3/c1-4-13-24-18-9-7-8-17(15-18)22-21(23)19-10-5-6-11-20(19)25-14-12-16(2)3/h5-11,15-16H,4,12-14H2,1-3H3,(H,22,23). The smallest absolute Gasteiger partial charge is 0.259 e. The molecule has 1 N–H and O–H groups in total. The fraction of sp³-hybridized carbons (Fsp3) is 0.381. The highest BCUT2D eigenvalue weighted by Gasteiger charge is 2.13. The van der Waals surface area contributed by atoms with Crippen molar-refractivity contribution in [2.75, 3.05) is 18.5 Å². The Hall–Kier alpha value is -2.49. The Kier molecular flexibility index (Phi) is 7.33. The molecule has 2 aromatic carbocycles. The van der Waals surface area contributed by atoms with Crippen LogP contribution in [0.1, 0.15) is 44.0 Å². The summed E-state index contributed by atoms with van der Waals surface area (Å²) in [7, 11) is 0. The van der Waals surface area contributed by atoms with Crippen molar-refractivity contribution < 1.29 is 14.3 Å². The van der Waals surface area contributed by atoms with Gasteiger partial charge >= 0.3 is 0 Å². The fourth-order valence-corrected chi connectivity index (χ4v) is 2.27. The molecule has 0 fully saturated rings. The molecule has 0 saturated carbocycles. The molecular formula is C21H27NO3. The van der Waals surface area contributed by atoms with E-state index in [4.69, 9.17) is 9.47 Å². The lowest BCUT2D eigenvalue weighted by Gasteiger charge is -2.13. The summed E-state index contributed by atoms with van der Waals surface area (Å²) in [5.41, 5.74) is 1.24. The first kappa shape index (κ1) is 18.8. The molecular weight excluding hydrogens is 314 g/mol. The van der Waals surface area contributed by atoms with E-state index in [1.165, 1.54) is 0 Å². The molecule has 0 spiro atoms. The number of amides is 1. The van der Waals surface area contributed by atoms with E-state index in [9.17, 15) is 4.79 Å². The molecule has 4 heteroatoms. The van der Waals surface area contributed by atoms with Crippen LogP contribution in [0.5, 0.6) is 11.5 Å². The van der Waals surface area contributed by atoms with Gasteiger partial charge in [0.15, 0.2) is 0 Å². The van der Waals surface area contributed by atoms with E-state index >= 15 is 0 Å². The summed E-state index contributed by atoms with van der Waals surface area (Å²) in [4.78, 5) is 12.6. The van der Waals surface area contributed by atoms with Crippen molar-refractivity contribution in [1.29, 1.82) is 0 Å². The van der Waals surface area contributed by atoms with Crippen LogP contribution in [0, 0.1) is 5.92 Å². The molecule has 0 aromatic heterocycles. The van der Waals surface area contributed by atoms with Gasteiger partial charge in [0.2, 0.25) is 0 Å². The van der Waals surface area contributed by atoms with Crippen LogP contribution in [0.25, 0.3) is 0 Å². The van der Waals surface area contributed by atoms with Gasteiger partial charge in [-0.15, -0.1) is 0 Å². The number of anilines is 1. The first-order valence-electron chi connectivity index (χ1n) is 8.86. The van der Waals surface area contributed by atoms with Crippen molar-refractivity contribution in [1.82, 2.24) is 0 Å².